The molecule has 0 aromatic heterocycles. The van der Waals surface area contributed by atoms with Gasteiger partial charge in [0.2, 0.25) is 0 Å². The van der Waals surface area contributed by atoms with Crippen LogP contribution in [0.25, 0.3) is 0 Å². The molecule has 0 aromatic carbocycles. The lowest BCUT2D eigenvalue weighted by Crippen LogP contribution is -2.49. The lowest BCUT2D eigenvalue weighted by atomic mass is 10.1. The van der Waals surface area contributed by atoms with Gasteiger partial charge in [-0.05, 0) is 12.8 Å². The van der Waals surface area contributed by atoms with Crippen molar-refractivity contribution in [1.29, 1.82) is 0 Å². The maximum Gasteiger partial charge on any atom is 0.264 e. The standard InChI is InChI=1S/C10H17N3O2/c14-8-5-3-1-2-4-7(8)12-10-11-6-9(15)13-10/h6-8,10,12,14H,1-5H2,(H,13,15)/t7-,8-,10?/m0/s1. The molecule has 3 N–H and O–H groups in total. The summed E-state index contributed by atoms with van der Waals surface area (Å²) >= 11 is 0. The van der Waals surface area contributed by atoms with Crippen molar-refractivity contribution < 1.29 is 9.90 Å². The van der Waals surface area contributed by atoms with E-state index in [0.717, 1.165) is 25.7 Å². The number of carbonyl (C=O) groups is 1. The first-order valence-electron chi connectivity index (χ1n) is 5.53. The highest BCUT2D eigenvalue weighted by molar-refractivity contribution is 6.27. The predicted molar refractivity (Wildman–Crippen MR) is 56.4 cm³/mol. The van der Waals surface area contributed by atoms with Crippen LogP contribution in [0.15, 0.2) is 4.99 Å². The topological polar surface area (TPSA) is 73.7 Å². The van der Waals surface area contributed by atoms with Crippen molar-refractivity contribution in [2.75, 3.05) is 0 Å². The van der Waals surface area contributed by atoms with Crippen LogP contribution in [0.4, 0.5) is 0 Å². The second kappa shape index (κ2) is 4.72. The molecule has 0 bridgehead atoms. The van der Waals surface area contributed by atoms with Gasteiger partial charge in [-0.1, -0.05) is 19.3 Å². The van der Waals surface area contributed by atoms with Gasteiger partial charge in [-0.3, -0.25) is 10.1 Å². The van der Waals surface area contributed by atoms with E-state index in [1.54, 1.807) is 0 Å². The molecular formula is C10H17N3O2. The minimum Gasteiger partial charge on any atom is -0.392 e. The van der Waals surface area contributed by atoms with Crippen LogP contribution in [0.2, 0.25) is 0 Å². The second-order valence-electron chi connectivity index (χ2n) is 4.17. The summed E-state index contributed by atoms with van der Waals surface area (Å²) in [5, 5.41) is 15.7. The van der Waals surface area contributed by atoms with Crippen molar-refractivity contribution in [2.24, 2.45) is 4.99 Å². The maximum atomic E-state index is 10.9. The van der Waals surface area contributed by atoms with E-state index in [0.29, 0.717) is 0 Å². The summed E-state index contributed by atoms with van der Waals surface area (Å²) in [5.41, 5.74) is 0. The van der Waals surface area contributed by atoms with Crippen molar-refractivity contribution in [2.45, 2.75) is 50.5 Å². The lowest BCUT2D eigenvalue weighted by Gasteiger charge is -2.24. The molecule has 0 radical (unpaired) electrons. The predicted octanol–water partition coefficient (Wildman–Crippen LogP) is -0.246. The number of aliphatic imine (C=N–C) groups is 1. The van der Waals surface area contributed by atoms with Gasteiger partial charge < -0.3 is 10.4 Å². The first-order chi connectivity index (χ1) is 7.25. The number of hydrogen-bond acceptors (Lipinski definition) is 4. The fourth-order valence-corrected chi connectivity index (χ4v) is 2.12. The highest BCUT2D eigenvalue weighted by atomic mass is 16.3. The summed E-state index contributed by atoms with van der Waals surface area (Å²) in [6.45, 7) is 0. The van der Waals surface area contributed by atoms with Crippen molar-refractivity contribution in [3.05, 3.63) is 0 Å². The fraction of sp³-hybridized carbons (Fsp3) is 0.800. The number of amides is 1. The molecule has 1 amide bonds. The Labute approximate surface area is 89.0 Å². The van der Waals surface area contributed by atoms with E-state index in [2.05, 4.69) is 15.6 Å². The maximum absolute atomic E-state index is 10.9. The molecule has 1 heterocycles. The molecule has 5 nitrogen and oxygen atoms in total. The summed E-state index contributed by atoms with van der Waals surface area (Å²) in [6.07, 6.45) is 5.77. The van der Waals surface area contributed by atoms with Crippen LogP contribution < -0.4 is 10.6 Å². The van der Waals surface area contributed by atoms with Crippen LogP contribution in [0.5, 0.6) is 0 Å². The van der Waals surface area contributed by atoms with Gasteiger partial charge in [-0.15, -0.1) is 0 Å². The normalized spacial score (nSPS) is 36.3. The Bertz CT molecular complexity index is 267. The number of rotatable bonds is 2. The van der Waals surface area contributed by atoms with Crippen molar-refractivity contribution in [1.82, 2.24) is 10.6 Å². The van der Waals surface area contributed by atoms with Gasteiger partial charge in [0.25, 0.3) is 5.91 Å². The fourth-order valence-electron chi connectivity index (χ4n) is 2.12. The van der Waals surface area contributed by atoms with Gasteiger partial charge in [0.05, 0.1) is 12.3 Å². The number of nitrogens with one attached hydrogen (secondary N) is 2. The van der Waals surface area contributed by atoms with E-state index in [1.165, 1.54) is 12.6 Å². The first kappa shape index (κ1) is 10.6. The summed E-state index contributed by atoms with van der Waals surface area (Å²) < 4.78 is 0. The Morgan fingerprint density at radius 3 is 2.93 bits per heavy atom. The summed E-state index contributed by atoms with van der Waals surface area (Å²) in [4.78, 5) is 14.8. The molecule has 1 unspecified atom stereocenters. The average Bonchev–Trinajstić information content (AvgIpc) is 2.50. The molecule has 1 fully saturated rings. The third-order valence-electron chi connectivity index (χ3n) is 2.97. The van der Waals surface area contributed by atoms with Crippen molar-refractivity contribution >= 4 is 12.1 Å². The van der Waals surface area contributed by atoms with E-state index in [-0.39, 0.29) is 24.3 Å². The van der Waals surface area contributed by atoms with Gasteiger partial charge in [0.15, 0.2) is 6.29 Å². The molecule has 84 valence electrons. The molecule has 3 atom stereocenters. The highest BCUT2D eigenvalue weighted by Crippen LogP contribution is 2.18. The van der Waals surface area contributed by atoms with E-state index in [9.17, 15) is 9.90 Å². The quantitative estimate of drug-likeness (QED) is 0.552. The van der Waals surface area contributed by atoms with Crippen LogP contribution in [0.3, 0.4) is 0 Å². The first-order valence-corrected chi connectivity index (χ1v) is 5.53. The van der Waals surface area contributed by atoms with Gasteiger partial charge in [-0.2, -0.15) is 0 Å². The van der Waals surface area contributed by atoms with Gasteiger partial charge in [0, 0.05) is 6.04 Å². The SMILES string of the molecule is O=C1C=NC(N[C@H]2CCCCC[C@@H]2O)N1. The number of nitrogens with zero attached hydrogens (tertiary/aromatic N) is 1. The minimum absolute atomic E-state index is 0.0491. The molecule has 0 aromatic rings. The number of carbonyl (C=O) groups excluding carboxylic acids is 1. The van der Waals surface area contributed by atoms with Crippen molar-refractivity contribution in [3.63, 3.8) is 0 Å². The molecule has 2 rings (SSSR count). The third-order valence-corrected chi connectivity index (χ3v) is 2.97. The number of hydrogen-bond donors (Lipinski definition) is 3. The van der Waals surface area contributed by atoms with Crippen molar-refractivity contribution in [3.8, 4) is 0 Å². The molecule has 15 heavy (non-hydrogen) atoms. The lowest BCUT2D eigenvalue weighted by molar-refractivity contribution is -0.114. The number of aliphatic hydroxyl groups is 1. The van der Waals surface area contributed by atoms with E-state index < -0.39 is 0 Å². The van der Waals surface area contributed by atoms with E-state index in [1.807, 2.05) is 0 Å². The Hall–Kier alpha value is -0.940. The molecule has 1 aliphatic heterocycles. The Morgan fingerprint density at radius 1 is 1.40 bits per heavy atom. The largest absolute Gasteiger partial charge is 0.392 e. The molecule has 2 aliphatic rings. The van der Waals surface area contributed by atoms with Crippen LogP contribution in [-0.4, -0.2) is 35.7 Å². The zero-order valence-corrected chi connectivity index (χ0v) is 8.65. The summed E-state index contributed by atoms with van der Waals surface area (Å²) in [6, 6.07) is 0.0491. The monoisotopic (exact) mass is 211 g/mol. The molecular weight excluding hydrogens is 194 g/mol. The molecule has 0 saturated heterocycles. The Morgan fingerprint density at radius 2 is 2.20 bits per heavy atom. The zero-order chi connectivity index (χ0) is 10.7. The van der Waals surface area contributed by atoms with E-state index in [4.69, 9.17) is 0 Å². The van der Waals surface area contributed by atoms with Gasteiger partial charge in [-0.25, -0.2) is 4.99 Å². The average molecular weight is 211 g/mol. The highest BCUT2D eigenvalue weighted by Gasteiger charge is 2.25. The van der Waals surface area contributed by atoms with Crippen LogP contribution >= 0.6 is 0 Å². The summed E-state index contributed by atoms with van der Waals surface area (Å²) in [5.74, 6) is -0.171. The number of aliphatic hydroxyl groups excluding tert-OH is 1. The van der Waals surface area contributed by atoms with E-state index >= 15 is 0 Å². The Balaban J connectivity index is 1.86. The third kappa shape index (κ3) is 2.76. The molecule has 1 saturated carbocycles. The van der Waals surface area contributed by atoms with Crippen LogP contribution in [-0.2, 0) is 4.79 Å². The molecule has 0 spiro atoms. The second-order valence-corrected chi connectivity index (χ2v) is 4.17. The zero-order valence-electron chi connectivity index (χ0n) is 8.65. The molecule has 1 aliphatic carbocycles. The van der Waals surface area contributed by atoms with Crippen LogP contribution in [0, 0.1) is 0 Å². The Kier molecular flexibility index (Phi) is 3.33. The minimum atomic E-state index is -0.352. The van der Waals surface area contributed by atoms with Gasteiger partial charge in [0.1, 0.15) is 0 Å². The smallest absolute Gasteiger partial charge is 0.264 e. The molecule has 5 heteroatoms. The van der Waals surface area contributed by atoms with Gasteiger partial charge >= 0.3 is 0 Å². The summed E-state index contributed by atoms with van der Waals surface area (Å²) in [7, 11) is 0. The van der Waals surface area contributed by atoms with Crippen LogP contribution in [0.1, 0.15) is 32.1 Å².